The Hall–Kier alpha value is -0.670. The van der Waals surface area contributed by atoms with Crippen molar-refractivity contribution in [1.29, 1.82) is 0 Å². The van der Waals surface area contributed by atoms with Crippen molar-refractivity contribution in [3.8, 4) is 0 Å². The van der Waals surface area contributed by atoms with Crippen LogP contribution < -0.4 is 5.32 Å². The van der Waals surface area contributed by atoms with Crippen molar-refractivity contribution in [2.24, 2.45) is 0 Å². The van der Waals surface area contributed by atoms with Crippen LogP contribution in [0.1, 0.15) is 43.7 Å². The molecule has 0 aromatic heterocycles. The lowest BCUT2D eigenvalue weighted by Crippen LogP contribution is -2.43. The molecule has 0 unspecified atom stereocenters. The van der Waals surface area contributed by atoms with Gasteiger partial charge in [0.15, 0.2) is 0 Å². The maximum absolute atomic E-state index is 12.0. The molecule has 2 aliphatic rings. The highest BCUT2D eigenvalue weighted by molar-refractivity contribution is 7.85. The van der Waals surface area contributed by atoms with Crippen LogP contribution in [0, 0.1) is 0 Å². The second-order valence-corrected chi connectivity index (χ2v) is 8.20. The van der Waals surface area contributed by atoms with Gasteiger partial charge in [-0.15, -0.1) is 0 Å². The average molecular weight is 291 g/mol. The van der Waals surface area contributed by atoms with E-state index < -0.39 is 10.8 Å². The first-order valence-corrected chi connectivity index (χ1v) is 9.34. The van der Waals surface area contributed by atoms with Crippen molar-refractivity contribution >= 4 is 10.8 Å². The Labute approximate surface area is 124 Å². The van der Waals surface area contributed by atoms with Gasteiger partial charge in [0, 0.05) is 33.9 Å². The molecule has 1 saturated carbocycles. The molecule has 110 valence electrons. The first kappa shape index (κ1) is 14.3. The predicted octanol–water partition coefficient (Wildman–Crippen LogP) is 2.82. The molecule has 1 aromatic rings. The maximum Gasteiger partial charge on any atom is 0.0362 e. The van der Waals surface area contributed by atoms with Gasteiger partial charge in [-0.25, -0.2) is 0 Å². The summed E-state index contributed by atoms with van der Waals surface area (Å²) in [7, 11) is -0.617. The fourth-order valence-electron chi connectivity index (χ4n) is 3.78. The topological polar surface area (TPSA) is 29.1 Å². The minimum atomic E-state index is -0.617. The zero-order valence-corrected chi connectivity index (χ0v) is 13.1. The third kappa shape index (κ3) is 3.15. The van der Waals surface area contributed by atoms with E-state index in [0.29, 0.717) is 17.3 Å². The molecule has 0 amide bonds. The zero-order valence-electron chi connectivity index (χ0n) is 12.3. The number of benzene rings is 1. The van der Waals surface area contributed by atoms with E-state index in [-0.39, 0.29) is 0 Å². The summed E-state index contributed by atoms with van der Waals surface area (Å²) in [6, 6.07) is 9.96. The van der Waals surface area contributed by atoms with Crippen molar-refractivity contribution in [2.45, 2.75) is 62.8 Å². The Kier molecular flexibility index (Phi) is 4.57. The molecule has 0 heterocycles. The normalized spacial score (nSPS) is 28.2. The van der Waals surface area contributed by atoms with Gasteiger partial charge in [0.05, 0.1) is 0 Å². The van der Waals surface area contributed by atoms with Crippen molar-refractivity contribution < 1.29 is 4.21 Å². The van der Waals surface area contributed by atoms with Crippen LogP contribution in [0.5, 0.6) is 0 Å². The zero-order chi connectivity index (χ0) is 13.9. The van der Waals surface area contributed by atoms with Gasteiger partial charge in [0.25, 0.3) is 0 Å². The summed E-state index contributed by atoms with van der Waals surface area (Å²) in [5.41, 5.74) is 3.02. The van der Waals surface area contributed by atoms with Crippen LogP contribution in [0.25, 0.3) is 0 Å². The summed E-state index contributed by atoms with van der Waals surface area (Å²) in [5.74, 6) is 0.812. The van der Waals surface area contributed by atoms with Gasteiger partial charge in [-0.2, -0.15) is 0 Å². The fraction of sp³-hybridized carbons (Fsp3) is 0.647. The molecule has 2 nitrogen and oxygen atoms in total. The summed E-state index contributed by atoms with van der Waals surface area (Å²) in [6.07, 6.45) is 7.07. The molecular formula is C17H25NOS. The summed E-state index contributed by atoms with van der Waals surface area (Å²) in [5, 5.41) is 4.27. The molecule has 0 saturated heterocycles. The number of hydrogen-bond donors (Lipinski definition) is 1. The molecule has 1 fully saturated rings. The largest absolute Gasteiger partial charge is 0.311 e. The number of nitrogens with one attached hydrogen (secondary N) is 1. The smallest absolute Gasteiger partial charge is 0.0362 e. The van der Waals surface area contributed by atoms with Gasteiger partial charge in [0.1, 0.15) is 0 Å². The van der Waals surface area contributed by atoms with Crippen LogP contribution >= 0.6 is 0 Å². The standard InChI is InChI=1S/C17H25NOS/c1-2-20(19)17-9-5-8-15(12-17)18-16-10-13-6-3-4-7-14(13)11-16/h3-4,6-7,15-18H,2,5,8-12H2,1H3/t15-,17+,20+/m1/s1. The molecule has 1 aromatic carbocycles. The van der Waals surface area contributed by atoms with Gasteiger partial charge in [-0.3, -0.25) is 4.21 Å². The second kappa shape index (κ2) is 6.40. The minimum Gasteiger partial charge on any atom is -0.311 e. The highest BCUT2D eigenvalue weighted by Gasteiger charge is 2.29. The Morgan fingerprint density at radius 2 is 1.85 bits per heavy atom. The van der Waals surface area contributed by atoms with Crippen molar-refractivity contribution in [1.82, 2.24) is 5.32 Å². The van der Waals surface area contributed by atoms with E-state index in [4.69, 9.17) is 0 Å². The fourth-order valence-corrected chi connectivity index (χ4v) is 5.13. The highest BCUT2D eigenvalue weighted by atomic mass is 32.2. The van der Waals surface area contributed by atoms with Gasteiger partial charge < -0.3 is 5.32 Å². The number of hydrogen-bond acceptors (Lipinski definition) is 2. The summed E-state index contributed by atoms with van der Waals surface area (Å²) < 4.78 is 12.0. The molecule has 0 radical (unpaired) electrons. The van der Waals surface area contributed by atoms with E-state index >= 15 is 0 Å². The van der Waals surface area contributed by atoms with E-state index in [1.165, 1.54) is 24.0 Å². The van der Waals surface area contributed by atoms with Crippen LogP contribution in [0.2, 0.25) is 0 Å². The lowest BCUT2D eigenvalue weighted by atomic mass is 9.94. The average Bonchev–Trinajstić information content (AvgIpc) is 2.88. The van der Waals surface area contributed by atoms with Gasteiger partial charge in [0.2, 0.25) is 0 Å². The van der Waals surface area contributed by atoms with Crippen LogP contribution in [0.15, 0.2) is 24.3 Å². The van der Waals surface area contributed by atoms with E-state index in [9.17, 15) is 4.21 Å². The van der Waals surface area contributed by atoms with Crippen molar-refractivity contribution in [3.63, 3.8) is 0 Å². The quantitative estimate of drug-likeness (QED) is 0.924. The molecule has 20 heavy (non-hydrogen) atoms. The van der Waals surface area contributed by atoms with E-state index in [1.54, 1.807) is 0 Å². The summed E-state index contributed by atoms with van der Waals surface area (Å²) in [6.45, 7) is 2.04. The second-order valence-electron chi connectivity index (χ2n) is 6.20. The van der Waals surface area contributed by atoms with Crippen LogP contribution in [-0.2, 0) is 23.6 Å². The molecule has 0 aliphatic heterocycles. The van der Waals surface area contributed by atoms with E-state index in [2.05, 4.69) is 29.6 Å². The van der Waals surface area contributed by atoms with Gasteiger partial charge in [-0.1, -0.05) is 37.6 Å². The first-order chi connectivity index (χ1) is 9.76. The molecular weight excluding hydrogens is 266 g/mol. The molecule has 0 bridgehead atoms. The SMILES string of the molecule is CC[S@](=O)[C@H]1CCC[C@@H](NC2Cc3ccccc3C2)C1. The summed E-state index contributed by atoms with van der Waals surface area (Å²) >= 11 is 0. The number of rotatable bonds is 4. The van der Waals surface area contributed by atoms with Gasteiger partial charge in [-0.05, 0) is 43.2 Å². The first-order valence-electron chi connectivity index (χ1n) is 7.96. The van der Waals surface area contributed by atoms with Crippen LogP contribution in [-0.4, -0.2) is 27.3 Å². The summed E-state index contributed by atoms with van der Waals surface area (Å²) in [4.78, 5) is 0. The number of fused-ring (bicyclic) bond motifs is 1. The van der Waals surface area contributed by atoms with Crippen LogP contribution in [0.4, 0.5) is 0 Å². The highest BCUT2D eigenvalue weighted by Crippen LogP contribution is 2.26. The lowest BCUT2D eigenvalue weighted by molar-refractivity contribution is 0.342. The molecule has 1 N–H and O–H groups in total. The predicted molar refractivity (Wildman–Crippen MR) is 85.5 cm³/mol. The molecule has 3 atom stereocenters. The Bertz CT molecular complexity index is 463. The molecule has 2 aliphatic carbocycles. The third-order valence-electron chi connectivity index (χ3n) is 4.80. The maximum atomic E-state index is 12.0. The van der Waals surface area contributed by atoms with Crippen molar-refractivity contribution in [3.05, 3.63) is 35.4 Å². The van der Waals surface area contributed by atoms with Crippen molar-refractivity contribution in [2.75, 3.05) is 5.75 Å². The Morgan fingerprint density at radius 3 is 2.50 bits per heavy atom. The monoisotopic (exact) mass is 291 g/mol. The molecule has 3 heteroatoms. The Morgan fingerprint density at radius 1 is 1.15 bits per heavy atom. The minimum absolute atomic E-state index is 0.426. The lowest BCUT2D eigenvalue weighted by Gasteiger charge is -2.31. The molecule has 0 spiro atoms. The van der Waals surface area contributed by atoms with Gasteiger partial charge >= 0.3 is 0 Å². The van der Waals surface area contributed by atoms with E-state index in [1.807, 2.05) is 6.92 Å². The Balaban J connectivity index is 1.56. The third-order valence-corrected chi connectivity index (χ3v) is 6.55. The molecule has 3 rings (SSSR count). The van der Waals surface area contributed by atoms with Crippen LogP contribution in [0.3, 0.4) is 0 Å². The van der Waals surface area contributed by atoms with E-state index in [0.717, 1.165) is 31.4 Å².